The molecule has 0 saturated carbocycles. The monoisotopic (exact) mass is 278 g/mol. The lowest BCUT2D eigenvalue weighted by molar-refractivity contribution is 0.0394. The number of ether oxygens (including phenoxy) is 1. The van der Waals surface area contributed by atoms with Crippen molar-refractivity contribution in [1.82, 2.24) is 24.9 Å². The smallest absolute Gasteiger partial charge is 0.348 e. The van der Waals surface area contributed by atoms with Crippen molar-refractivity contribution < 1.29 is 4.74 Å². The van der Waals surface area contributed by atoms with Crippen molar-refractivity contribution >= 4 is 11.5 Å². The van der Waals surface area contributed by atoms with E-state index in [0.29, 0.717) is 30.7 Å². The highest BCUT2D eigenvalue weighted by molar-refractivity contribution is 5.48. The summed E-state index contributed by atoms with van der Waals surface area (Å²) in [7, 11) is 0. The van der Waals surface area contributed by atoms with Crippen molar-refractivity contribution in [2.45, 2.75) is 18.9 Å². The summed E-state index contributed by atoms with van der Waals surface area (Å²) in [5, 5.41) is 12.7. The number of hydrogen-bond donors (Lipinski definition) is 3. The van der Waals surface area contributed by atoms with E-state index in [1.807, 2.05) is 0 Å². The first-order chi connectivity index (χ1) is 9.83. The van der Waals surface area contributed by atoms with Gasteiger partial charge in [-0.1, -0.05) is 0 Å². The number of H-pyrrole nitrogens is 1. The van der Waals surface area contributed by atoms with Gasteiger partial charge in [-0.15, -0.1) is 0 Å². The van der Waals surface area contributed by atoms with Crippen molar-refractivity contribution in [3.05, 3.63) is 22.9 Å². The number of hydrogen-bond acceptors (Lipinski definition) is 6. The molecule has 0 atom stereocenters. The average molecular weight is 278 g/mol. The first-order valence-corrected chi connectivity index (χ1v) is 6.82. The van der Waals surface area contributed by atoms with Crippen LogP contribution in [0.4, 0.5) is 5.82 Å². The van der Waals surface area contributed by atoms with Gasteiger partial charge in [0.1, 0.15) is 12.1 Å². The zero-order valence-electron chi connectivity index (χ0n) is 11.1. The van der Waals surface area contributed by atoms with E-state index in [4.69, 9.17) is 4.74 Å². The fourth-order valence-corrected chi connectivity index (χ4v) is 2.27. The van der Waals surface area contributed by atoms with Crippen LogP contribution in [0.2, 0.25) is 0 Å². The Kier molecular flexibility index (Phi) is 3.93. The summed E-state index contributed by atoms with van der Waals surface area (Å²) in [6.45, 7) is 3.39. The first kappa shape index (κ1) is 13.1. The SMILES string of the molecule is O=c1[nH]nc2cc(NCCOC3CCNCC3)ncn12. The number of piperidine rings is 1. The lowest BCUT2D eigenvalue weighted by Gasteiger charge is -2.22. The van der Waals surface area contributed by atoms with E-state index in [2.05, 4.69) is 25.8 Å². The number of rotatable bonds is 5. The lowest BCUT2D eigenvalue weighted by atomic mass is 10.1. The van der Waals surface area contributed by atoms with E-state index in [1.54, 1.807) is 6.07 Å². The predicted octanol–water partition coefficient (Wildman–Crippen LogP) is -0.402. The maximum Gasteiger partial charge on any atom is 0.348 e. The summed E-state index contributed by atoms with van der Waals surface area (Å²) in [5.41, 5.74) is 0.264. The molecule has 0 aliphatic carbocycles. The van der Waals surface area contributed by atoms with E-state index in [9.17, 15) is 4.79 Å². The van der Waals surface area contributed by atoms with Gasteiger partial charge in [-0.25, -0.2) is 19.3 Å². The number of anilines is 1. The molecule has 0 spiro atoms. The third kappa shape index (κ3) is 2.97. The minimum atomic E-state index is -0.284. The molecule has 0 bridgehead atoms. The van der Waals surface area contributed by atoms with Gasteiger partial charge in [0.25, 0.3) is 0 Å². The number of aromatic amines is 1. The third-order valence-corrected chi connectivity index (χ3v) is 3.36. The first-order valence-electron chi connectivity index (χ1n) is 6.82. The van der Waals surface area contributed by atoms with E-state index in [1.165, 1.54) is 10.7 Å². The van der Waals surface area contributed by atoms with Crippen molar-refractivity contribution in [1.29, 1.82) is 0 Å². The van der Waals surface area contributed by atoms with E-state index < -0.39 is 0 Å². The zero-order chi connectivity index (χ0) is 13.8. The highest BCUT2D eigenvalue weighted by Crippen LogP contribution is 2.07. The summed E-state index contributed by atoms with van der Waals surface area (Å²) in [5.74, 6) is 0.686. The number of aromatic nitrogens is 4. The molecule has 0 radical (unpaired) electrons. The van der Waals surface area contributed by atoms with Crippen LogP contribution in [0.5, 0.6) is 0 Å². The highest BCUT2D eigenvalue weighted by Gasteiger charge is 2.12. The molecule has 8 nitrogen and oxygen atoms in total. The minimum Gasteiger partial charge on any atom is -0.376 e. The van der Waals surface area contributed by atoms with Gasteiger partial charge < -0.3 is 15.4 Å². The van der Waals surface area contributed by atoms with Gasteiger partial charge in [0.05, 0.1) is 12.7 Å². The fourth-order valence-electron chi connectivity index (χ4n) is 2.27. The van der Waals surface area contributed by atoms with Crippen LogP contribution >= 0.6 is 0 Å². The van der Waals surface area contributed by atoms with E-state index in [0.717, 1.165) is 25.9 Å². The van der Waals surface area contributed by atoms with Gasteiger partial charge in [0.15, 0.2) is 5.65 Å². The number of nitrogens with one attached hydrogen (secondary N) is 3. The largest absolute Gasteiger partial charge is 0.376 e. The lowest BCUT2D eigenvalue weighted by Crippen LogP contribution is -2.33. The Labute approximate surface area is 115 Å². The molecule has 3 rings (SSSR count). The fraction of sp³-hybridized carbons (Fsp3) is 0.583. The molecule has 1 aliphatic heterocycles. The molecule has 0 aromatic carbocycles. The van der Waals surface area contributed by atoms with Crippen LogP contribution in [-0.4, -0.2) is 51.9 Å². The molecule has 3 N–H and O–H groups in total. The Bertz CT molecular complexity index is 616. The summed E-state index contributed by atoms with van der Waals surface area (Å²) in [6.07, 6.45) is 3.95. The quantitative estimate of drug-likeness (QED) is 0.644. The molecule has 8 heteroatoms. The molecule has 2 aromatic heterocycles. The van der Waals surface area contributed by atoms with Gasteiger partial charge in [-0.2, -0.15) is 5.10 Å². The summed E-state index contributed by atoms with van der Waals surface area (Å²) in [4.78, 5) is 15.4. The van der Waals surface area contributed by atoms with Crippen LogP contribution in [-0.2, 0) is 4.74 Å². The van der Waals surface area contributed by atoms with E-state index in [-0.39, 0.29) is 5.69 Å². The molecule has 20 heavy (non-hydrogen) atoms. The van der Waals surface area contributed by atoms with Crippen LogP contribution in [0.3, 0.4) is 0 Å². The van der Waals surface area contributed by atoms with Crippen molar-refractivity contribution in [2.75, 3.05) is 31.6 Å². The minimum absolute atomic E-state index is 0.284. The maximum absolute atomic E-state index is 11.3. The maximum atomic E-state index is 11.3. The van der Waals surface area contributed by atoms with Crippen molar-refractivity contribution in [3.63, 3.8) is 0 Å². The van der Waals surface area contributed by atoms with Crippen LogP contribution < -0.4 is 16.3 Å². The Morgan fingerprint density at radius 2 is 2.30 bits per heavy atom. The van der Waals surface area contributed by atoms with Gasteiger partial charge in [0.2, 0.25) is 0 Å². The molecule has 2 aromatic rings. The highest BCUT2D eigenvalue weighted by atomic mass is 16.5. The van der Waals surface area contributed by atoms with Gasteiger partial charge in [-0.3, -0.25) is 0 Å². The second-order valence-electron chi connectivity index (χ2n) is 4.78. The molecule has 3 heterocycles. The Morgan fingerprint density at radius 3 is 3.15 bits per heavy atom. The van der Waals surface area contributed by atoms with Crippen LogP contribution in [0.15, 0.2) is 17.2 Å². The summed E-state index contributed by atoms with van der Waals surface area (Å²) in [6, 6.07) is 1.72. The van der Waals surface area contributed by atoms with Crippen LogP contribution in [0.25, 0.3) is 5.65 Å². The molecule has 0 unspecified atom stereocenters. The topological polar surface area (TPSA) is 96.3 Å². The van der Waals surface area contributed by atoms with Crippen LogP contribution in [0.1, 0.15) is 12.8 Å². The second-order valence-corrected chi connectivity index (χ2v) is 4.78. The molecule has 1 fully saturated rings. The number of nitrogens with zero attached hydrogens (tertiary/aromatic N) is 3. The second kappa shape index (κ2) is 6.02. The molecular weight excluding hydrogens is 260 g/mol. The predicted molar refractivity (Wildman–Crippen MR) is 73.9 cm³/mol. The van der Waals surface area contributed by atoms with Gasteiger partial charge >= 0.3 is 5.69 Å². The normalized spacial score (nSPS) is 16.6. The van der Waals surface area contributed by atoms with Crippen LogP contribution in [0, 0.1) is 0 Å². The standard InChI is InChI=1S/C12H18N6O2/c19-12-17-16-11-7-10(15-8-18(11)12)14-5-6-20-9-1-3-13-4-2-9/h7-9,13-14H,1-6H2,(H,17,19). The van der Waals surface area contributed by atoms with Crippen molar-refractivity contribution in [3.8, 4) is 0 Å². The average Bonchev–Trinajstić information content (AvgIpc) is 2.86. The molecule has 0 amide bonds. The van der Waals surface area contributed by atoms with Crippen molar-refractivity contribution in [2.24, 2.45) is 0 Å². The van der Waals surface area contributed by atoms with Gasteiger partial charge in [-0.05, 0) is 25.9 Å². The Hall–Kier alpha value is -1.93. The summed E-state index contributed by atoms with van der Waals surface area (Å²) >= 11 is 0. The van der Waals surface area contributed by atoms with E-state index >= 15 is 0 Å². The molecular formula is C12H18N6O2. The molecule has 108 valence electrons. The zero-order valence-corrected chi connectivity index (χ0v) is 11.1. The Morgan fingerprint density at radius 1 is 1.45 bits per heavy atom. The molecule has 1 saturated heterocycles. The molecule has 1 aliphatic rings. The Balaban J connectivity index is 1.48. The summed E-state index contributed by atoms with van der Waals surface area (Å²) < 4.78 is 7.15. The third-order valence-electron chi connectivity index (χ3n) is 3.36. The van der Waals surface area contributed by atoms with Gasteiger partial charge in [0, 0.05) is 12.6 Å². The number of fused-ring (bicyclic) bond motifs is 1.